The third-order valence-electron chi connectivity index (χ3n) is 5.78. The van der Waals surface area contributed by atoms with Gasteiger partial charge in [0.1, 0.15) is 17.3 Å². The molecule has 1 aliphatic rings. The highest BCUT2D eigenvalue weighted by Gasteiger charge is 2.34. The molecule has 0 saturated heterocycles. The number of fused-ring (bicyclic) bond motifs is 5. The number of nitriles is 1. The summed E-state index contributed by atoms with van der Waals surface area (Å²) in [5.74, 6) is 1.59. The molecule has 4 aromatic rings. The monoisotopic (exact) mass is 392 g/mol. The number of nitrogens with zero attached hydrogens (tertiary/aromatic N) is 4. The predicted octanol–water partition coefficient (Wildman–Crippen LogP) is 5.20. The third kappa shape index (κ3) is 2.83. The Morgan fingerprint density at radius 2 is 1.90 bits per heavy atom. The number of hydrogen-bond acceptors (Lipinski definition) is 5. The van der Waals surface area contributed by atoms with E-state index in [1.165, 1.54) is 0 Å². The minimum atomic E-state index is -0.424. The number of nitrogens with one attached hydrogen (secondary N) is 2. The van der Waals surface area contributed by atoms with Crippen LogP contribution in [0.5, 0.6) is 0 Å². The molecule has 30 heavy (non-hydrogen) atoms. The van der Waals surface area contributed by atoms with E-state index in [4.69, 9.17) is 4.98 Å². The number of aromatic nitrogens is 4. The van der Waals surface area contributed by atoms with E-state index in [9.17, 15) is 5.26 Å². The quantitative estimate of drug-likeness (QED) is 0.439. The molecule has 1 aliphatic heterocycles. The van der Waals surface area contributed by atoms with Crippen molar-refractivity contribution < 1.29 is 0 Å². The van der Waals surface area contributed by atoms with Crippen molar-refractivity contribution in [3.8, 4) is 28.6 Å². The van der Waals surface area contributed by atoms with E-state index in [2.05, 4.69) is 45.4 Å². The van der Waals surface area contributed by atoms with Crippen LogP contribution in [-0.4, -0.2) is 19.9 Å². The molecule has 0 saturated carbocycles. The third-order valence-corrected chi connectivity index (χ3v) is 5.78. The first-order valence-electron chi connectivity index (χ1n) is 9.90. The van der Waals surface area contributed by atoms with Crippen LogP contribution in [-0.2, 0) is 5.41 Å². The van der Waals surface area contributed by atoms with Crippen molar-refractivity contribution >= 4 is 11.5 Å². The van der Waals surface area contributed by atoms with E-state index in [1.54, 1.807) is 18.6 Å². The summed E-state index contributed by atoms with van der Waals surface area (Å²) in [5.41, 5.74) is 5.29. The Morgan fingerprint density at radius 1 is 1.03 bits per heavy atom. The van der Waals surface area contributed by atoms with Gasteiger partial charge in [-0.05, 0) is 37.1 Å². The predicted molar refractivity (Wildman–Crippen MR) is 116 cm³/mol. The van der Waals surface area contributed by atoms with Crippen LogP contribution in [0.3, 0.4) is 0 Å². The number of imidazole rings is 1. The minimum absolute atomic E-state index is 0.424. The molecule has 4 heterocycles. The highest BCUT2D eigenvalue weighted by molar-refractivity contribution is 5.94. The van der Waals surface area contributed by atoms with Crippen LogP contribution >= 0.6 is 0 Å². The van der Waals surface area contributed by atoms with Gasteiger partial charge in [0.25, 0.3) is 0 Å². The largest absolute Gasteiger partial charge is 0.341 e. The fourth-order valence-electron chi connectivity index (χ4n) is 4.07. The first-order valence-corrected chi connectivity index (χ1v) is 9.90. The van der Waals surface area contributed by atoms with E-state index < -0.39 is 5.41 Å². The molecule has 6 nitrogen and oxygen atoms in total. The summed E-state index contributed by atoms with van der Waals surface area (Å²) in [5, 5.41) is 12.7. The molecule has 0 fully saturated rings. The van der Waals surface area contributed by atoms with Gasteiger partial charge in [-0.1, -0.05) is 30.3 Å². The van der Waals surface area contributed by atoms with Crippen LogP contribution in [0.25, 0.3) is 22.5 Å². The van der Waals surface area contributed by atoms with Gasteiger partial charge < -0.3 is 10.3 Å². The summed E-state index contributed by atoms with van der Waals surface area (Å²) in [4.78, 5) is 17.5. The van der Waals surface area contributed by atoms with Gasteiger partial charge in [0, 0.05) is 29.9 Å². The first-order chi connectivity index (χ1) is 14.7. The second-order valence-electron chi connectivity index (χ2n) is 7.61. The lowest BCUT2D eigenvalue weighted by Gasteiger charge is -2.27. The van der Waals surface area contributed by atoms with Crippen molar-refractivity contribution in [2.24, 2.45) is 0 Å². The van der Waals surface area contributed by atoms with Gasteiger partial charge in [-0.15, -0.1) is 0 Å². The zero-order valence-electron chi connectivity index (χ0n) is 16.6. The lowest BCUT2D eigenvalue weighted by Crippen LogP contribution is -2.25. The van der Waals surface area contributed by atoms with Crippen LogP contribution in [0.1, 0.15) is 31.2 Å². The molecule has 0 amide bonds. The van der Waals surface area contributed by atoms with Crippen molar-refractivity contribution in [3.05, 3.63) is 78.5 Å². The fourth-order valence-corrected chi connectivity index (χ4v) is 4.07. The van der Waals surface area contributed by atoms with Crippen LogP contribution < -0.4 is 5.32 Å². The standard InChI is InChI=1S/C24H20N6/c1-24(11-6-12-25,16-7-3-2-4-8-16)23-29-20-17-10-14-26-15-19(17)28-22-18(21(20)30-23)9-5-13-27-22/h2-5,7-10,13-15H,6,11H2,1H3,(H,27,28)(H,29,30). The number of rotatable bonds is 4. The van der Waals surface area contributed by atoms with Gasteiger partial charge in [-0.25, -0.2) is 9.97 Å². The molecule has 0 spiro atoms. The van der Waals surface area contributed by atoms with Crippen molar-refractivity contribution in [3.63, 3.8) is 0 Å². The maximum Gasteiger partial charge on any atom is 0.139 e. The Kier molecular flexibility index (Phi) is 4.29. The van der Waals surface area contributed by atoms with Crippen LogP contribution in [0.4, 0.5) is 11.5 Å². The summed E-state index contributed by atoms with van der Waals surface area (Å²) >= 11 is 0. The van der Waals surface area contributed by atoms with Gasteiger partial charge in [0.2, 0.25) is 0 Å². The summed E-state index contributed by atoms with van der Waals surface area (Å²) in [6.45, 7) is 2.15. The molecular weight excluding hydrogens is 372 g/mol. The molecular formula is C24H20N6. The molecule has 0 bridgehead atoms. The molecule has 5 rings (SSSR count). The first kappa shape index (κ1) is 18.1. The Hall–Kier alpha value is -3.98. The van der Waals surface area contributed by atoms with E-state index in [0.29, 0.717) is 12.8 Å². The van der Waals surface area contributed by atoms with E-state index in [1.807, 2.05) is 36.4 Å². The second kappa shape index (κ2) is 7.12. The Balaban J connectivity index is 1.76. The van der Waals surface area contributed by atoms with Crippen molar-refractivity contribution in [1.82, 2.24) is 19.9 Å². The summed E-state index contributed by atoms with van der Waals surface area (Å²) in [6.07, 6.45) is 6.45. The highest BCUT2D eigenvalue weighted by Crippen LogP contribution is 2.44. The molecule has 1 atom stereocenters. The normalized spacial score (nSPS) is 13.6. The average Bonchev–Trinajstić information content (AvgIpc) is 3.19. The lowest BCUT2D eigenvalue weighted by molar-refractivity contribution is 0.500. The number of aromatic amines is 1. The number of pyridine rings is 2. The maximum absolute atomic E-state index is 9.28. The Labute approximate surface area is 174 Å². The van der Waals surface area contributed by atoms with Gasteiger partial charge in [-0.3, -0.25) is 4.98 Å². The molecule has 146 valence electrons. The Bertz CT molecular complexity index is 1190. The SMILES string of the molecule is CC(CCC#N)(c1ccccc1)c1nc2c([nH]1)-c1ccncc1Nc1ncccc1-2. The Morgan fingerprint density at radius 3 is 2.73 bits per heavy atom. The number of benzene rings is 1. The topological polar surface area (TPSA) is 90.3 Å². The molecule has 0 aliphatic carbocycles. The van der Waals surface area contributed by atoms with Crippen molar-refractivity contribution in [2.75, 3.05) is 5.32 Å². The smallest absolute Gasteiger partial charge is 0.139 e. The highest BCUT2D eigenvalue weighted by atomic mass is 15.0. The second-order valence-corrected chi connectivity index (χ2v) is 7.61. The summed E-state index contributed by atoms with van der Waals surface area (Å²) in [7, 11) is 0. The van der Waals surface area contributed by atoms with Gasteiger partial charge in [0.15, 0.2) is 0 Å². The van der Waals surface area contributed by atoms with Gasteiger partial charge >= 0.3 is 0 Å². The van der Waals surface area contributed by atoms with E-state index in [-0.39, 0.29) is 0 Å². The average molecular weight is 392 g/mol. The molecule has 1 unspecified atom stereocenters. The number of anilines is 2. The van der Waals surface area contributed by atoms with Crippen LogP contribution in [0.2, 0.25) is 0 Å². The zero-order valence-corrected chi connectivity index (χ0v) is 16.6. The molecule has 1 aromatic carbocycles. The van der Waals surface area contributed by atoms with E-state index in [0.717, 1.165) is 45.4 Å². The van der Waals surface area contributed by atoms with Crippen LogP contribution in [0, 0.1) is 11.3 Å². The fraction of sp³-hybridized carbons (Fsp3) is 0.167. The molecule has 3 aromatic heterocycles. The molecule has 0 radical (unpaired) electrons. The number of H-pyrrole nitrogens is 1. The molecule has 2 N–H and O–H groups in total. The minimum Gasteiger partial charge on any atom is -0.341 e. The van der Waals surface area contributed by atoms with Crippen LogP contribution in [0.15, 0.2) is 67.1 Å². The summed E-state index contributed by atoms with van der Waals surface area (Å²) < 4.78 is 0. The number of hydrogen-bond donors (Lipinski definition) is 2. The van der Waals surface area contributed by atoms with Gasteiger partial charge in [0.05, 0.1) is 29.1 Å². The maximum atomic E-state index is 9.28. The van der Waals surface area contributed by atoms with Gasteiger partial charge in [-0.2, -0.15) is 5.26 Å². The van der Waals surface area contributed by atoms with E-state index >= 15 is 0 Å². The van der Waals surface area contributed by atoms with Crippen molar-refractivity contribution in [1.29, 1.82) is 5.26 Å². The lowest BCUT2D eigenvalue weighted by atomic mass is 9.78. The zero-order chi connectivity index (χ0) is 20.6. The van der Waals surface area contributed by atoms with Crippen molar-refractivity contribution in [2.45, 2.75) is 25.2 Å². The molecule has 6 heteroatoms. The summed E-state index contributed by atoms with van der Waals surface area (Å²) in [6, 6.07) is 18.5.